The van der Waals surface area contributed by atoms with Crippen LogP contribution in [0.5, 0.6) is 0 Å². The summed E-state index contributed by atoms with van der Waals surface area (Å²) in [6, 6.07) is 0. The predicted molar refractivity (Wildman–Crippen MR) is 44.6 cm³/mol. The van der Waals surface area contributed by atoms with Gasteiger partial charge in [-0.25, -0.2) is 9.67 Å². The quantitative estimate of drug-likeness (QED) is 0.655. The van der Waals surface area contributed by atoms with E-state index in [1.165, 1.54) is 0 Å². The zero-order chi connectivity index (χ0) is 8.27. The topological polar surface area (TPSA) is 30.7 Å². The normalized spacial score (nSPS) is 13.4. The fraction of sp³-hybridized carbons (Fsp3) is 0.714. The molecule has 11 heavy (non-hydrogen) atoms. The lowest BCUT2D eigenvalue weighted by Gasteiger charge is -2.04. The van der Waals surface area contributed by atoms with E-state index in [0.29, 0.717) is 0 Å². The molecule has 1 aromatic heterocycles. The van der Waals surface area contributed by atoms with E-state index in [-0.39, 0.29) is 5.38 Å². The number of halogens is 1. The van der Waals surface area contributed by atoms with Gasteiger partial charge in [-0.15, -0.1) is 11.6 Å². The van der Waals surface area contributed by atoms with E-state index in [2.05, 4.69) is 17.0 Å². The largest absolute Gasteiger partial charge is 0.249 e. The van der Waals surface area contributed by atoms with Gasteiger partial charge >= 0.3 is 0 Å². The van der Waals surface area contributed by atoms with Crippen LogP contribution in [0.1, 0.15) is 31.5 Å². The highest BCUT2D eigenvalue weighted by molar-refractivity contribution is 6.20. The third-order valence-electron chi connectivity index (χ3n) is 1.44. The van der Waals surface area contributed by atoms with Gasteiger partial charge in [0.15, 0.2) is 0 Å². The van der Waals surface area contributed by atoms with Crippen molar-refractivity contribution in [1.82, 2.24) is 14.8 Å². The van der Waals surface area contributed by atoms with Crippen LogP contribution < -0.4 is 0 Å². The lowest BCUT2D eigenvalue weighted by atomic mass is 10.4. The van der Waals surface area contributed by atoms with Gasteiger partial charge in [-0.2, -0.15) is 5.10 Å². The summed E-state index contributed by atoms with van der Waals surface area (Å²) < 4.78 is 1.84. The van der Waals surface area contributed by atoms with Crippen LogP contribution in [0.3, 0.4) is 0 Å². The van der Waals surface area contributed by atoms with Crippen molar-refractivity contribution in [2.45, 2.75) is 32.2 Å². The Labute approximate surface area is 71.4 Å². The third kappa shape index (κ3) is 1.93. The molecule has 0 N–H and O–H groups in total. The van der Waals surface area contributed by atoms with Crippen molar-refractivity contribution in [2.75, 3.05) is 0 Å². The fourth-order valence-corrected chi connectivity index (χ4v) is 1.13. The molecule has 0 radical (unpaired) electrons. The number of rotatable bonds is 3. The highest BCUT2D eigenvalue weighted by Gasteiger charge is 2.08. The van der Waals surface area contributed by atoms with Crippen molar-refractivity contribution in [2.24, 2.45) is 0 Å². The SMILES string of the molecule is CCCn1ncnc1C(C)Cl. The zero-order valence-electron chi connectivity index (χ0n) is 6.79. The molecule has 1 aromatic rings. The first kappa shape index (κ1) is 8.53. The van der Waals surface area contributed by atoms with E-state index >= 15 is 0 Å². The van der Waals surface area contributed by atoms with Crippen LogP contribution in [0.4, 0.5) is 0 Å². The molecular formula is C7H12ClN3. The summed E-state index contributed by atoms with van der Waals surface area (Å²) in [4.78, 5) is 4.05. The van der Waals surface area contributed by atoms with Crippen LogP contribution in [0.15, 0.2) is 6.33 Å². The summed E-state index contributed by atoms with van der Waals surface area (Å²) in [6.45, 7) is 4.90. The van der Waals surface area contributed by atoms with Gasteiger partial charge in [-0.1, -0.05) is 6.92 Å². The minimum atomic E-state index is -0.0518. The van der Waals surface area contributed by atoms with Crippen LogP contribution in [0.2, 0.25) is 0 Å². The van der Waals surface area contributed by atoms with Crippen LogP contribution in [0, 0.1) is 0 Å². The summed E-state index contributed by atoms with van der Waals surface area (Å²) >= 11 is 5.86. The molecule has 0 fully saturated rings. The molecule has 0 aliphatic heterocycles. The first-order valence-corrected chi connectivity index (χ1v) is 4.21. The Hall–Kier alpha value is -0.570. The summed E-state index contributed by atoms with van der Waals surface area (Å²) in [7, 11) is 0. The highest BCUT2D eigenvalue weighted by atomic mass is 35.5. The van der Waals surface area contributed by atoms with Gasteiger partial charge < -0.3 is 0 Å². The van der Waals surface area contributed by atoms with Crippen molar-refractivity contribution in [3.05, 3.63) is 12.2 Å². The Kier molecular flexibility index (Phi) is 2.88. The molecule has 0 amide bonds. The second kappa shape index (κ2) is 3.72. The first-order chi connectivity index (χ1) is 5.25. The average molecular weight is 174 g/mol. The molecule has 0 spiro atoms. The minimum Gasteiger partial charge on any atom is -0.249 e. The van der Waals surface area contributed by atoms with Crippen molar-refractivity contribution in [3.63, 3.8) is 0 Å². The minimum absolute atomic E-state index is 0.0518. The van der Waals surface area contributed by atoms with Gasteiger partial charge in [0.1, 0.15) is 12.2 Å². The molecule has 4 heteroatoms. The van der Waals surface area contributed by atoms with E-state index in [0.717, 1.165) is 18.8 Å². The van der Waals surface area contributed by atoms with E-state index in [9.17, 15) is 0 Å². The molecule has 1 heterocycles. The summed E-state index contributed by atoms with van der Waals surface area (Å²) in [5.74, 6) is 0.855. The van der Waals surface area contributed by atoms with Crippen LogP contribution in [-0.2, 0) is 6.54 Å². The third-order valence-corrected chi connectivity index (χ3v) is 1.63. The van der Waals surface area contributed by atoms with Crippen molar-refractivity contribution in [3.8, 4) is 0 Å². The maximum Gasteiger partial charge on any atom is 0.144 e. The van der Waals surface area contributed by atoms with Crippen LogP contribution in [0.25, 0.3) is 0 Å². The first-order valence-electron chi connectivity index (χ1n) is 3.77. The molecule has 0 saturated heterocycles. The second-order valence-electron chi connectivity index (χ2n) is 2.46. The van der Waals surface area contributed by atoms with E-state index in [1.807, 2.05) is 11.6 Å². The van der Waals surface area contributed by atoms with Crippen molar-refractivity contribution < 1.29 is 0 Å². The number of aryl methyl sites for hydroxylation is 1. The van der Waals surface area contributed by atoms with Gasteiger partial charge in [-0.3, -0.25) is 0 Å². The predicted octanol–water partition coefficient (Wildman–Crippen LogP) is 1.99. The smallest absolute Gasteiger partial charge is 0.144 e. The Balaban J connectivity index is 2.78. The number of hydrogen-bond donors (Lipinski definition) is 0. The lowest BCUT2D eigenvalue weighted by Crippen LogP contribution is -2.05. The molecule has 0 bridgehead atoms. The number of aromatic nitrogens is 3. The number of alkyl halides is 1. The van der Waals surface area contributed by atoms with Gasteiger partial charge in [-0.05, 0) is 13.3 Å². The maximum absolute atomic E-state index is 5.86. The second-order valence-corrected chi connectivity index (χ2v) is 3.11. The molecule has 0 aliphatic carbocycles. The Morgan fingerprint density at radius 1 is 1.73 bits per heavy atom. The average Bonchev–Trinajstić information content (AvgIpc) is 2.36. The van der Waals surface area contributed by atoms with Gasteiger partial charge in [0.25, 0.3) is 0 Å². The Bertz CT molecular complexity index is 219. The van der Waals surface area contributed by atoms with Crippen LogP contribution in [-0.4, -0.2) is 14.8 Å². The maximum atomic E-state index is 5.86. The van der Waals surface area contributed by atoms with Crippen molar-refractivity contribution >= 4 is 11.6 Å². The molecule has 3 nitrogen and oxygen atoms in total. The van der Waals surface area contributed by atoms with Crippen LogP contribution >= 0.6 is 11.6 Å². The zero-order valence-corrected chi connectivity index (χ0v) is 7.54. The van der Waals surface area contributed by atoms with Gasteiger partial charge in [0.05, 0.1) is 5.38 Å². The van der Waals surface area contributed by atoms with Gasteiger partial charge in [0, 0.05) is 6.54 Å². The summed E-state index contributed by atoms with van der Waals surface area (Å²) in [6.07, 6.45) is 2.60. The molecular weight excluding hydrogens is 162 g/mol. The molecule has 1 rings (SSSR count). The monoisotopic (exact) mass is 173 g/mol. The number of nitrogens with zero attached hydrogens (tertiary/aromatic N) is 3. The van der Waals surface area contributed by atoms with E-state index in [4.69, 9.17) is 11.6 Å². The highest BCUT2D eigenvalue weighted by Crippen LogP contribution is 2.15. The Morgan fingerprint density at radius 3 is 3.00 bits per heavy atom. The summed E-state index contributed by atoms with van der Waals surface area (Å²) in [5, 5.41) is 4.00. The lowest BCUT2D eigenvalue weighted by molar-refractivity contribution is 0.569. The molecule has 0 aromatic carbocycles. The molecule has 0 saturated carbocycles. The van der Waals surface area contributed by atoms with E-state index < -0.39 is 0 Å². The van der Waals surface area contributed by atoms with E-state index in [1.54, 1.807) is 6.33 Å². The fourth-order valence-electron chi connectivity index (χ4n) is 0.965. The van der Waals surface area contributed by atoms with Gasteiger partial charge in [0.2, 0.25) is 0 Å². The molecule has 62 valence electrons. The van der Waals surface area contributed by atoms with Crippen molar-refractivity contribution in [1.29, 1.82) is 0 Å². The summed E-state index contributed by atoms with van der Waals surface area (Å²) in [5.41, 5.74) is 0. The molecule has 0 aliphatic rings. The number of hydrogen-bond acceptors (Lipinski definition) is 2. The molecule has 1 atom stereocenters. The molecule has 1 unspecified atom stereocenters. The Morgan fingerprint density at radius 2 is 2.45 bits per heavy atom. The standard InChI is InChI=1S/C7H12ClN3/c1-3-4-11-7(6(2)8)9-5-10-11/h5-6H,3-4H2,1-2H3.